The van der Waals surface area contributed by atoms with Crippen molar-refractivity contribution in [3.05, 3.63) is 198 Å². The molecule has 0 amide bonds. The molecule has 0 spiro atoms. The second kappa shape index (κ2) is 12.4. The molecule has 0 fully saturated rings. The minimum absolute atomic E-state index is 0.0940. The molecular formula is C59H40O. The zero-order chi connectivity index (χ0) is 39.7. The summed E-state index contributed by atoms with van der Waals surface area (Å²) in [5, 5.41) is 13.8. The van der Waals surface area contributed by atoms with Gasteiger partial charge in [-0.15, -0.1) is 0 Å². The number of furan rings is 1. The zero-order valence-corrected chi connectivity index (χ0v) is 33.6. The summed E-state index contributed by atoms with van der Waals surface area (Å²) in [6.07, 6.45) is 6.53. The fourth-order valence-corrected chi connectivity index (χ4v) is 10.9. The van der Waals surface area contributed by atoms with Gasteiger partial charge in [0.1, 0.15) is 11.3 Å². The van der Waals surface area contributed by atoms with Crippen LogP contribution in [0.5, 0.6) is 0 Å². The molecule has 0 aliphatic heterocycles. The first-order valence-corrected chi connectivity index (χ1v) is 21.3. The summed E-state index contributed by atoms with van der Waals surface area (Å²) in [6.45, 7) is 4.75. The van der Waals surface area contributed by atoms with E-state index in [2.05, 4.69) is 196 Å². The van der Waals surface area contributed by atoms with Gasteiger partial charge in [0, 0.05) is 22.8 Å². The normalized spacial score (nSPS) is 14.1. The Bertz CT molecular complexity index is 3620. The van der Waals surface area contributed by atoms with Crippen LogP contribution in [0, 0.1) is 0 Å². The van der Waals surface area contributed by atoms with Crippen molar-refractivity contribution in [2.75, 3.05) is 0 Å². The molecule has 0 unspecified atom stereocenters. The lowest BCUT2D eigenvalue weighted by molar-refractivity contribution is 0.546. The highest BCUT2D eigenvalue weighted by molar-refractivity contribution is 6.24. The molecule has 13 rings (SSSR count). The van der Waals surface area contributed by atoms with Crippen LogP contribution in [-0.4, -0.2) is 0 Å². The highest BCUT2D eigenvalue weighted by Crippen LogP contribution is 2.52. The van der Waals surface area contributed by atoms with E-state index in [0.29, 0.717) is 0 Å². The van der Waals surface area contributed by atoms with Crippen LogP contribution < -0.4 is 0 Å². The molecule has 60 heavy (non-hydrogen) atoms. The SMILES string of the molecule is CC1(C)c2ccc(-c3ccc4cc(-c5c6ccccc6c(-c6cccc7ccccc67)c6ccccc56)ccc4c3)cc2-c2cc3cc4oc5c(c4cc3cc21)C=CCC5. The Morgan fingerprint density at radius 2 is 1.03 bits per heavy atom. The number of benzene rings is 10. The Labute approximate surface area is 348 Å². The predicted octanol–water partition coefficient (Wildman–Crippen LogP) is 16.5. The van der Waals surface area contributed by atoms with Crippen LogP contribution in [0.15, 0.2) is 180 Å². The Kier molecular flexibility index (Phi) is 6.97. The topological polar surface area (TPSA) is 13.1 Å². The zero-order valence-electron chi connectivity index (χ0n) is 33.6. The van der Waals surface area contributed by atoms with Gasteiger partial charge in [0.2, 0.25) is 0 Å². The van der Waals surface area contributed by atoms with Gasteiger partial charge >= 0.3 is 0 Å². The van der Waals surface area contributed by atoms with Gasteiger partial charge in [0.15, 0.2) is 0 Å². The maximum absolute atomic E-state index is 6.39. The molecule has 0 radical (unpaired) electrons. The molecular weight excluding hydrogens is 725 g/mol. The van der Waals surface area contributed by atoms with Crippen LogP contribution in [0.3, 0.4) is 0 Å². The van der Waals surface area contributed by atoms with E-state index in [4.69, 9.17) is 4.42 Å². The fourth-order valence-electron chi connectivity index (χ4n) is 10.9. The summed E-state index contributed by atoms with van der Waals surface area (Å²) in [5.74, 6) is 1.12. The molecule has 1 aromatic heterocycles. The third-order valence-electron chi connectivity index (χ3n) is 13.8. The lowest BCUT2D eigenvalue weighted by Crippen LogP contribution is -2.14. The Balaban J connectivity index is 0.919. The molecule has 2 aliphatic carbocycles. The van der Waals surface area contributed by atoms with E-state index in [0.717, 1.165) is 24.2 Å². The maximum atomic E-state index is 6.39. The van der Waals surface area contributed by atoms with Crippen LogP contribution in [0.1, 0.15) is 42.7 Å². The van der Waals surface area contributed by atoms with Crippen molar-refractivity contribution in [1.29, 1.82) is 0 Å². The van der Waals surface area contributed by atoms with Crippen molar-refractivity contribution >= 4 is 70.9 Å². The van der Waals surface area contributed by atoms with Crippen LogP contribution in [0.2, 0.25) is 0 Å². The molecule has 0 bridgehead atoms. The average Bonchev–Trinajstić information content (AvgIpc) is 3.76. The van der Waals surface area contributed by atoms with E-state index < -0.39 is 0 Å². The molecule has 0 saturated heterocycles. The Morgan fingerprint density at radius 1 is 0.417 bits per heavy atom. The van der Waals surface area contributed by atoms with Crippen LogP contribution in [0.4, 0.5) is 0 Å². The van der Waals surface area contributed by atoms with Gasteiger partial charge < -0.3 is 4.42 Å². The van der Waals surface area contributed by atoms with Gasteiger partial charge in [-0.05, 0) is 158 Å². The molecule has 1 nitrogen and oxygen atoms in total. The van der Waals surface area contributed by atoms with Crippen molar-refractivity contribution in [3.8, 4) is 44.5 Å². The average molecular weight is 765 g/mol. The number of hydrogen-bond donors (Lipinski definition) is 0. The molecule has 1 heteroatoms. The Morgan fingerprint density at radius 3 is 1.82 bits per heavy atom. The number of hydrogen-bond acceptors (Lipinski definition) is 1. The summed E-state index contributed by atoms with van der Waals surface area (Å²) >= 11 is 0. The van der Waals surface area contributed by atoms with Crippen molar-refractivity contribution in [2.24, 2.45) is 0 Å². The first kappa shape index (κ1) is 33.7. The summed E-state index contributed by atoms with van der Waals surface area (Å²) < 4.78 is 6.39. The van der Waals surface area contributed by atoms with E-state index in [1.54, 1.807) is 0 Å². The number of aryl methyl sites for hydroxylation is 1. The highest BCUT2D eigenvalue weighted by atomic mass is 16.3. The van der Waals surface area contributed by atoms with E-state index >= 15 is 0 Å². The lowest BCUT2D eigenvalue weighted by Gasteiger charge is -2.22. The first-order valence-electron chi connectivity index (χ1n) is 21.3. The third-order valence-corrected chi connectivity index (χ3v) is 13.8. The molecule has 0 saturated carbocycles. The summed E-state index contributed by atoms with van der Waals surface area (Å²) in [5.41, 5.74) is 15.2. The van der Waals surface area contributed by atoms with Crippen molar-refractivity contribution < 1.29 is 4.42 Å². The van der Waals surface area contributed by atoms with Crippen LogP contribution in [0.25, 0.3) is 115 Å². The van der Waals surface area contributed by atoms with E-state index in [-0.39, 0.29) is 5.41 Å². The number of fused-ring (bicyclic) bond motifs is 11. The highest BCUT2D eigenvalue weighted by Gasteiger charge is 2.36. The van der Waals surface area contributed by atoms with Crippen LogP contribution >= 0.6 is 0 Å². The van der Waals surface area contributed by atoms with Crippen molar-refractivity contribution in [1.82, 2.24) is 0 Å². The standard InChI is InChI=1S/C59H40O/c1-59(2)53-27-26-39(30-50(53)51-31-42-34-56-52(32-41(42)33-54(51)59)44-15-9-10-21-55(44)60-56)37-22-23-38-29-40(25-24-36(38)28-37)57-46-16-5-7-18-48(46)58(49-19-8-6-17-47(49)57)45-20-11-13-35-12-3-4-14-43(35)45/h3-9,11-20,22-34H,10,21H2,1-2H3. The van der Waals surface area contributed by atoms with Gasteiger partial charge in [-0.1, -0.05) is 153 Å². The third kappa shape index (κ3) is 4.81. The fraction of sp³-hybridized carbons (Fsp3) is 0.0847. The molecule has 10 aromatic carbocycles. The van der Waals surface area contributed by atoms with Gasteiger partial charge in [0.25, 0.3) is 0 Å². The van der Waals surface area contributed by atoms with Gasteiger partial charge in [-0.2, -0.15) is 0 Å². The minimum Gasteiger partial charge on any atom is -0.460 e. The lowest BCUT2D eigenvalue weighted by atomic mass is 9.81. The van der Waals surface area contributed by atoms with Crippen molar-refractivity contribution in [3.63, 3.8) is 0 Å². The predicted molar refractivity (Wildman–Crippen MR) is 255 cm³/mol. The molecule has 11 aromatic rings. The number of allylic oxidation sites excluding steroid dienone is 1. The first-order chi connectivity index (χ1) is 29.5. The second-order valence-corrected chi connectivity index (χ2v) is 17.5. The molecule has 0 N–H and O–H groups in total. The van der Waals surface area contributed by atoms with Gasteiger partial charge in [-0.25, -0.2) is 0 Å². The molecule has 1 heterocycles. The number of rotatable bonds is 3. The Hall–Kier alpha value is -7.22. The van der Waals surface area contributed by atoms with Gasteiger partial charge in [0.05, 0.1) is 0 Å². The second-order valence-electron chi connectivity index (χ2n) is 17.5. The van der Waals surface area contributed by atoms with E-state index in [1.165, 1.54) is 120 Å². The molecule has 282 valence electrons. The van der Waals surface area contributed by atoms with Gasteiger partial charge in [-0.3, -0.25) is 0 Å². The summed E-state index contributed by atoms with van der Waals surface area (Å²) in [6, 6.07) is 63.9. The summed E-state index contributed by atoms with van der Waals surface area (Å²) in [7, 11) is 0. The molecule has 0 atom stereocenters. The monoisotopic (exact) mass is 764 g/mol. The maximum Gasteiger partial charge on any atom is 0.135 e. The quantitative estimate of drug-likeness (QED) is 0.163. The molecule has 2 aliphatic rings. The van der Waals surface area contributed by atoms with E-state index in [9.17, 15) is 0 Å². The van der Waals surface area contributed by atoms with Crippen molar-refractivity contribution in [2.45, 2.75) is 32.1 Å². The summed E-state index contributed by atoms with van der Waals surface area (Å²) in [4.78, 5) is 0. The van der Waals surface area contributed by atoms with Crippen LogP contribution in [-0.2, 0) is 11.8 Å². The van der Waals surface area contributed by atoms with E-state index in [1.807, 2.05) is 0 Å². The largest absolute Gasteiger partial charge is 0.460 e. The minimum atomic E-state index is -0.0940. The smallest absolute Gasteiger partial charge is 0.135 e.